The Morgan fingerprint density at radius 3 is 2.85 bits per heavy atom. The van der Waals surface area contributed by atoms with Crippen molar-refractivity contribution in [2.75, 3.05) is 0 Å². The Labute approximate surface area is 97.6 Å². The molecule has 0 atom stereocenters. The van der Waals surface area contributed by atoms with E-state index in [-0.39, 0.29) is 41.9 Å². The van der Waals surface area contributed by atoms with Gasteiger partial charge in [0.1, 0.15) is 0 Å². The van der Waals surface area contributed by atoms with Gasteiger partial charge in [0.2, 0.25) is 5.90 Å². The first kappa shape index (κ1) is 12.8. The topological polar surface area (TPSA) is 91.2 Å². The van der Waals surface area contributed by atoms with Crippen LogP contribution in [0.1, 0.15) is 6.42 Å². The van der Waals surface area contributed by atoms with Crippen molar-refractivity contribution in [3.63, 3.8) is 0 Å². The van der Waals surface area contributed by atoms with Crippen LogP contribution in [0, 0.1) is 0 Å². The maximum Gasteiger partial charge on any atom is 1.00 e. The maximum absolute atomic E-state index is 10.1. The first-order valence-corrected chi connectivity index (χ1v) is 4.31. The Bertz CT molecular complexity index is 346. The van der Waals surface area contributed by atoms with Gasteiger partial charge in [0.25, 0.3) is 10.4 Å². The van der Waals surface area contributed by atoms with Crippen molar-refractivity contribution in [3.8, 4) is 0 Å². The van der Waals surface area contributed by atoms with Crippen LogP contribution >= 0.6 is 0 Å². The Morgan fingerprint density at radius 2 is 2.23 bits per heavy atom. The standard InChI is InChI=1S/C5H6N2O4S.Na/c8-12(9,10)11-5-3-1-2-4-6-7-5;/h1-2,4H,3H2,(H,8,9,10);/q;+1/p-1. The van der Waals surface area contributed by atoms with Crippen LogP contribution in [-0.4, -0.2) is 25.1 Å². The molecule has 1 heterocycles. The monoisotopic (exact) mass is 212 g/mol. The molecule has 1 aliphatic heterocycles. The van der Waals surface area contributed by atoms with Gasteiger partial charge in [-0.2, -0.15) is 5.10 Å². The number of hydrogen-bond acceptors (Lipinski definition) is 6. The predicted octanol–water partition coefficient (Wildman–Crippen LogP) is -3.19. The summed E-state index contributed by atoms with van der Waals surface area (Å²) in [6, 6.07) is 0. The molecular weight excluding hydrogens is 207 g/mol. The molecule has 0 saturated carbocycles. The molecule has 0 spiro atoms. The molecule has 66 valence electrons. The minimum Gasteiger partial charge on any atom is -0.716 e. The smallest absolute Gasteiger partial charge is 0.716 e. The van der Waals surface area contributed by atoms with Gasteiger partial charge in [-0.25, -0.2) is 8.42 Å². The minimum atomic E-state index is -4.73. The molecule has 0 aromatic rings. The molecule has 0 bridgehead atoms. The number of rotatable bonds is 1. The summed E-state index contributed by atoms with van der Waals surface area (Å²) in [5.74, 6) is -0.227. The van der Waals surface area contributed by atoms with Gasteiger partial charge >= 0.3 is 29.6 Å². The third-order valence-corrected chi connectivity index (χ3v) is 1.35. The van der Waals surface area contributed by atoms with E-state index in [4.69, 9.17) is 0 Å². The first-order chi connectivity index (χ1) is 5.58. The number of allylic oxidation sites excluding steroid dienone is 1. The Hall–Kier alpha value is -0.210. The van der Waals surface area contributed by atoms with E-state index in [2.05, 4.69) is 14.4 Å². The summed E-state index contributed by atoms with van der Waals surface area (Å²) in [6.07, 6.45) is 4.63. The minimum absolute atomic E-state index is 0. The zero-order chi connectivity index (χ0) is 9.03. The van der Waals surface area contributed by atoms with Crippen molar-refractivity contribution >= 4 is 22.5 Å². The molecule has 0 saturated heterocycles. The van der Waals surface area contributed by atoms with Crippen LogP contribution in [0.25, 0.3) is 0 Å². The van der Waals surface area contributed by atoms with Crippen LogP contribution < -0.4 is 29.6 Å². The van der Waals surface area contributed by atoms with Crippen LogP contribution in [0.3, 0.4) is 0 Å². The van der Waals surface area contributed by atoms with Crippen molar-refractivity contribution in [2.45, 2.75) is 6.42 Å². The Morgan fingerprint density at radius 1 is 1.54 bits per heavy atom. The predicted molar refractivity (Wildman–Crippen MR) is 40.5 cm³/mol. The molecule has 8 heteroatoms. The molecular formula is C5H5N2NaO4S. The van der Waals surface area contributed by atoms with Crippen LogP contribution in [-0.2, 0) is 14.6 Å². The van der Waals surface area contributed by atoms with Crippen LogP contribution in [0.15, 0.2) is 22.4 Å². The number of hydrogen-bond donors (Lipinski definition) is 0. The molecule has 0 unspecified atom stereocenters. The summed E-state index contributed by atoms with van der Waals surface area (Å²) in [6.45, 7) is 0. The third kappa shape index (κ3) is 5.94. The van der Waals surface area contributed by atoms with Crippen molar-refractivity contribution in [3.05, 3.63) is 12.2 Å². The van der Waals surface area contributed by atoms with Gasteiger partial charge in [0, 0.05) is 12.6 Å². The molecule has 0 amide bonds. The van der Waals surface area contributed by atoms with E-state index in [0.29, 0.717) is 0 Å². The van der Waals surface area contributed by atoms with E-state index < -0.39 is 10.4 Å². The molecule has 6 nitrogen and oxygen atoms in total. The summed E-state index contributed by atoms with van der Waals surface area (Å²) in [5, 5.41) is 6.72. The zero-order valence-corrected chi connectivity index (χ0v) is 9.69. The second-order valence-electron chi connectivity index (χ2n) is 1.88. The maximum atomic E-state index is 10.1. The molecule has 0 aromatic heterocycles. The summed E-state index contributed by atoms with van der Waals surface area (Å²) < 4.78 is 34.2. The van der Waals surface area contributed by atoms with Gasteiger partial charge in [-0.3, -0.25) is 0 Å². The summed E-state index contributed by atoms with van der Waals surface area (Å²) >= 11 is 0. The third-order valence-electron chi connectivity index (χ3n) is 0.949. The van der Waals surface area contributed by atoms with Crippen LogP contribution in [0.5, 0.6) is 0 Å². The van der Waals surface area contributed by atoms with Gasteiger partial charge in [0.15, 0.2) is 0 Å². The molecule has 1 aliphatic rings. The average Bonchev–Trinajstić information content (AvgIpc) is 2.12. The molecule has 0 radical (unpaired) electrons. The van der Waals surface area contributed by atoms with Gasteiger partial charge in [0.05, 0.1) is 0 Å². The van der Waals surface area contributed by atoms with Crippen molar-refractivity contribution in [2.24, 2.45) is 10.2 Å². The molecule has 1 rings (SSSR count). The van der Waals surface area contributed by atoms with Gasteiger partial charge < -0.3 is 8.74 Å². The fourth-order valence-electron chi connectivity index (χ4n) is 0.575. The quantitative estimate of drug-likeness (QED) is 0.260. The second kappa shape index (κ2) is 5.51. The van der Waals surface area contributed by atoms with E-state index in [9.17, 15) is 13.0 Å². The second-order valence-corrected chi connectivity index (χ2v) is 2.87. The van der Waals surface area contributed by atoms with Crippen molar-refractivity contribution in [1.29, 1.82) is 0 Å². The van der Waals surface area contributed by atoms with E-state index in [1.165, 1.54) is 6.21 Å². The number of nitrogens with zero attached hydrogens (tertiary/aromatic N) is 2. The van der Waals surface area contributed by atoms with Gasteiger partial charge in [-0.1, -0.05) is 6.08 Å². The zero-order valence-electron chi connectivity index (χ0n) is 6.87. The van der Waals surface area contributed by atoms with Crippen molar-refractivity contribution in [1.82, 2.24) is 0 Å². The van der Waals surface area contributed by atoms with Crippen molar-refractivity contribution < 1.29 is 46.7 Å². The average molecular weight is 212 g/mol. The SMILES string of the molecule is O=S(=O)([O-])OC1=NN=CC=CC1.[Na+]. The fourth-order valence-corrected chi connectivity index (χ4v) is 0.912. The summed E-state index contributed by atoms with van der Waals surface area (Å²) in [5.41, 5.74) is 0. The Kier molecular flexibility index (Phi) is 5.42. The molecule has 0 aliphatic carbocycles. The normalized spacial score (nSPS) is 15.6. The van der Waals surface area contributed by atoms with E-state index in [0.717, 1.165) is 0 Å². The van der Waals surface area contributed by atoms with E-state index in [1.807, 2.05) is 0 Å². The molecule has 0 N–H and O–H groups in total. The van der Waals surface area contributed by atoms with Gasteiger partial charge in [-0.05, 0) is 6.08 Å². The fraction of sp³-hybridized carbons (Fsp3) is 0.200. The van der Waals surface area contributed by atoms with Gasteiger partial charge in [-0.15, -0.1) is 5.10 Å². The van der Waals surface area contributed by atoms with Crippen LogP contribution in [0.2, 0.25) is 0 Å². The largest absolute Gasteiger partial charge is 1.00 e. The summed E-state index contributed by atoms with van der Waals surface area (Å²) in [7, 11) is -4.73. The van der Waals surface area contributed by atoms with E-state index in [1.54, 1.807) is 12.2 Å². The van der Waals surface area contributed by atoms with E-state index >= 15 is 0 Å². The molecule has 13 heavy (non-hydrogen) atoms. The summed E-state index contributed by atoms with van der Waals surface area (Å²) in [4.78, 5) is 0. The molecule has 0 fully saturated rings. The van der Waals surface area contributed by atoms with Crippen LogP contribution in [0.4, 0.5) is 0 Å². The molecule has 0 aromatic carbocycles. The first-order valence-electron chi connectivity index (χ1n) is 2.98. The Balaban J connectivity index is 0.00000144.